The second-order valence-corrected chi connectivity index (χ2v) is 6.79. The first kappa shape index (κ1) is 16.6. The molecule has 0 aliphatic heterocycles. The number of hydrogen-bond acceptors (Lipinski definition) is 5. The van der Waals surface area contributed by atoms with Crippen LogP contribution in [-0.2, 0) is 0 Å². The smallest absolute Gasteiger partial charge is 0.125 e. The number of rotatable bonds is 2. The van der Waals surface area contributed by atoms with Crippen LogP contribution in [0.25, 0.3) is 22.3 Å². The Labute approximate surface area is 165 Å². The highest BCUT2D eigenvalue weighted by Crippen LogP contribution is 2.35. The lowest BCUT2D eigenvalue weighted by atomic mass is 10.1. The van der Waals surface area contributed by atoms with Crippen molar-refractivity contribution < 1.29 is 5.11 Å². The van der Waals surface area contributed by atoms with Crippen LogP contribution in [0.1, 0.15) is 16.8 Å². The fourth-order valence-electron chi connectivity index (χ4n) is 3.25. The Morgan fingerprint density at radius 3 is 2.25 bits per heavy atom. The van der Waals surface area contributed by atoms with E-state index in [1.807, 2.05) is 48.5 Å². The average molecular weight is 385 g/mol. The van der Waals surface area contributed by atoms with Gasteiger partial charge in [0.1, 0.15) is 17.2 Å². The Kier molecular flexibility index (Phi) is 3.88. The van der Waals surface area contributed by atoms with Crippen LogP contribution in [0.2, 0.25) is 5.02 Å². The molecule has 0 fully saturated rings. The van der Waals surface area contributed by atoms with Crippen molar-refractivity contribution in [2.24, 2.45) is 10.2 Å². The number of benzene rings is 3. The summed E-state index contributed by atoms with van der Waals surface area (Å²) in [7, 11) is 0. The predicted molar refractivity (Wildman–Crippen MR) is 111 cm³/mol. The molecular formula is C22H13ClN4O. The number of aromatic nitrogens is 2. The molecule has 0 atom stereocenters. The number of fused-ring (bicyclic) bond motifs is 4. The fraction of sp³-hybridized carbons (Fsp3) is 0. The van der Waals surface area contributed by atoms with E-state index in [-0.39, 0.29) is 5.75 Å². The maximum absolute atomic E-state index is 9.97. The molecule has 28 heavy (non-hydrogen) atoms. The second kappa shape index (κ2) is 6.55. The lowest BCUT2D eigenvalue weighted by Gasteiger charge is -2.02. The van der Waals surface area contributed by atoms with Gasteiger partial charge in [0.25, 0.3) is 0 Å². The van der Waals surface area contributed by atoms with Gasteiger partial charge in [-0.15, -0.1) is 5.10 Å². The number of nitrogens with zero attached hydrogens (tertiary/aromatic N) is 4. The van der Waals surface area contributed by atoms with E-state index in [0.29, 0.717) is 22.0 Å². The third-order valence-electron chi connectivity index (χ3n) is 4.58. The molecule has 0 unspecified atom stereocenters. The summed E-state index contributed by atoms with van der Waals surface area (Å²) in [5, 5.41) is 19.0. The summed E-state index contributed by atoms with van der Waals surface area (Å²) in [5.41, 5.74) is 6.27. The van der Waals surface area contributed by atoms with Gasteiger partial charge in [0.15, 0.2) is 0 Å². The van der Waals surface area contributed by atoms with Gasteiger partial charge in [-0.1, -0.05) is 48.0 Å². The molecule has 1 N–H and O–H groups in total. The normalized spacial score (nSPS) is 14.0. The molecule has 1 aliphatic rings. The van der Waals surface area contributed by atoms with Gasteiger partial charge < -0.3 is 5.11 Å². The number of para-hydroxylation sites is 2. The molecule has 0 saturated heterocycles. The van der Waals surface area contributed by atoms with Crippen molar-refractivity contribution in [3.63, 3.8) is 0 Å². The largest absolute Gasteiger partial charge is 0.507 e. The minimum Gasteiger partial charge on any atom is -0.507 e. The van der Waals surface area contributed by atoms with E-state index in [1.54, 1.807) is 12.1 Å². The zero-order valence-corrected chi connectivity index (χ0v) is 15.3. The van der Waals surface area contributed by atoms with E-state index >= 15 is 0 Å². The highest BCUT2D eigenvalue weighted by molar-refractivity contribution is 6.30. The molecule has 1 aromatic heterocycles. The van der Waals surface area contributed by atoms with Gasteiger partial charge in [0.05, 0.1) is 22.9 Å². The number of aromatic hydroxyl groups is 1. The van der Waals surface area contributed by atoms with E-state index in [9.17, 15) is 5.11 Å². The molecule has 1 heterocycles. The summed E-state index contributed by atoms with van der Waals surface area (Å²) in [6.07, 6.45) is 1.49. The molecule has 0 spiro atoms. The lowest BCUT2D eigenvalue weighted by Crippen LogP contribution is -2.01. The van der Waals surface area contributed by atoms with Crippen molar-refractivity contribution in [2.75, 3.05) is 0 Å². The SMILES string of the molecule is Oc1cc(Cl)ccc1/C=N\N=C1/c2ccccc2-c2nc3ccccc3nc21. The highest BCUT2D eigenvalue weighted by atomic mass is 35.5. The minimum atomic E-state index is 0.0504. The van der Waals surface area contributed by atoms with Crippen molar-refractivity contribution in [2.45, 2.75) is 0 Å². The van der Waals surface area contributed by atoms with Gasteiger partial charge in [0, 0.05) is 21.7 Å². The summed E-state index contributed by atoms with van der Waals surface area (Å²) >= 11 is 5.87. The van der Waals surface area contributed by atoms with Crippen LogP contribution in [0.5, 0.6) is 5.75 Å². The number of hydrogen-bond donors (Lipinski definition) is 1. The number of phenolic OH excluding ortho intramolecular Hbond substituents is 1. The molecule has 5 rings (SSSR count). The van der Waals surface area contributed by atoms with Gasteiger partial charge >= 0.3 is 0 Å². The van der Waals surface area contributed by atoms with Crippen molar-refractivity contribution >= 4 is 34.6 Å². The summed E-state index contributed by atoms with van der Waals surface area (Å²) in [6, 6.07) is 20.5. The molecule has 0 bridgehead atoms. The van der Waals surface area contributed by atoms with Gasteiger partial charge in [-0.05, 0) is 30.3 Å². The maximum atomic E-state index is 9.97. The van der Waals surface area contributed by atoms with Crippen LogP contribution in [0.3, 0.4) is 0 Å². The Morgan fingerprint density at radius 2 is 1.50 bits per heavy atom. The van der Waals surface area contributed by atoms with E-state index in [2.05, 4.69) is 10.2 Å². The van der Waals surface area contributed by atoms with Crippen LogP contribution in [0.4, 0.5) is 0 Å². The van der Waals surface area contributed by atoms with Gasteiger partial charge in [-0.2, -0.15) is 5.10 Å². The first-order chi connectivity index (χ1) is 13.7. The highest BCUT2D eigenvalue weighted by Gasteiger charge is 2.28. The molecule has 3 aromatic carbocycles. The Bertz CT molecular complexity index is 1300. The first-order valence-electron chi connectivity index (χ1n) is 8.67. The molecule has 6 heteroatoms. The molecule has 0 radical (unpaired) electrons. The lowest BCUT2D eigenvalue weighted by molar-refractivity contribution is 0.474. The van der Waals surface area contributed by atoms with E-state index in [0.717, 1.165) is 27.9 Å². The predicted octanol–water partition coefficient (Wildman–Crippen LogP) is 4.84. The van der Waals surface area contributed by atoms with Gasteiger partial charge in [-0.3, -0.25) is 0 Å². The summed E-state index contributed by atoms with van der Waals surface area (Å²) in [6.45, 7) is 0. The van der Waals surface area contributed by atoms with Gasteiger partial charge in [0.2, 0.25) is 0 Å². The molecule has 4 aromatic rings. The van der Waals surface area contributed by atoms with Gasteiger partial charge in [-0.25, -0.2) is 9.97 Å². The molecule has 0 saturated carbocycles. The second-order valence-electron chi connectivity index (χ2n) is 6.35. The maximum Gasteiger partial charge on any atom is 0.125 e. The summed E-state index contributed by atoms with van der Waals surface area (Å²) < 4.78 is 0. The molecule has 1 aliphatic carbocycles. The zero-order chi connectivity index (χ0) is 19.1. The Hall–Kier alpha value is -3.57. The fourth-order valence-corrected chi connectivity index (χ4v) is 3.42. The van der Waals surface area contributed by atoms with Crippen molar-refractivity contribution in [1.29, 1.82) is 0 Å². The first-order valence-corrected chi connectivity index (χ1v) is 9.05. The Balaban J connectivity index is 1.64. The number of phenols is 1. The molecule has 5 nitrogen and oxygen atoms in total. The Morgan fingerprint density at radius 1 is 0.821 bits per heavy atom. The van der Waals surface area contributed by atoms with Crippen LogP contribution < -0.4 is 0 Å². The summed E-state index contributed by atoms with van der Waals surface area (Å²) in [5.74, 6) is 0.0504. The zero-order valence-electron chi connectivity index (χ0n) is 14.5. The molecular weight excluding hydrogens is 372 g/mol. The van der Waals surface area contributed by atoms with Crippen molar-refractivity contribution in [1.82, 2.24) is 9.97 Å². The topological polar surface area (TPSA) is 70.7 Å². The third-order valence-corrected chi connectivity index (χ3v) is 4.81. The third kappa shape index (κ3) is 2.73. The van der Waals surface area contributed by atoms with E-state index < -0.39 is 0 Å². The molecule has 0 amide bonds. The van der Waals surface area contributed by atoms with Crippen LogP contribution >= 0.6 is 11.6 Å². The summed E-state index contributed by atoms with van der Waals surface area (Å²) in [4.78, 5) is 9.56. The van der Waals surface area contributed by atoms with Crippen molar-refractivity contribution in [3.05, 3.63) is 88.6 Å². The van der Waals surface area contributed by atoms with Crippen LogP contribution in [0, 0.1) is 0 Å². The molecule has 134 valence electrons. The monoisotopic (exact) mass is 384 g/mol. The number of halogens is 1. The van der Waals surface area contributed by atoms with Crippen LogP contribution in [-0.4, -0.2) is 27.0 Å². The van der Waals surface area contributed by atoms with E-state index in [4.69, 9.17) is 21.6 Å². The van der Waals surface area contributed by atoms with E-state index in [1.165, 1.54) is 12.3 Å². The van der Waals surface area contributed by atoms with Crippen LogP contribution in [0.15, 0.2) is 76.9 Å². The van der Waals surface area contributed by atoms with Crippen molar-refractivity contribution in [3.8, 4) is 17.0 Å². The standard InChI is InChI=1S/C22H13ClN4O/c23-14-10-9-13(19(28)11-14)12-24-27-21-16-6-2-1-5-15(16)20-22(21)26-18-8-4-3-7-17(18)25-20/h1-12,28H/b24-12-,27-21+. The minimum absolute atomic E-state index is 0.0504. The average Bonchev–Trinajstić information content (AvgIpc) is 3.01. The quantitative estimate of drug-likeness (QED) is 0.349.